The zero-order valence-corrected chi connectivity index (χ0v) is 22.4. The van der Waals surface area contributed by atoms with E-state index in [2.05, 4.69) is 35.0 Å². The van der Waals surface area contributed by atoms with Gasteiger partial charge in [-0.05, 0) is 76.1 Å². The number of hydrogen-bond acceptors (Lipinski definition) is 6. The van der Waals surface area contributed by atoms with Gasteiger partial charge in [-0.3, -0.25) is 14.5 Å². The Morgan fingerprint density at radius 2 is 1.59 bits per heavy atom. The first-order valence-electron chi connectivity index (χ1n) is 13.5. The largest absolute Gasteiger partial charge is 0.381 e. The summed E-state index contributed by atoms with van der Waals surface area (Å²) in [5.41, 5.74) is 4.59. The van der Waals surface area contributed by atoms with Gasteiger partial charge in [0.05, 0.1) is 11.4 Å². The molecule has 0 bridgehead atoms. The van der Waals surface area contributed by atoms with Crippen LogP contribution in [-0.2, 0) is 9.53 Å². The lowest BCUT2D eigenvalue weighted by molar-refractivity contribution is -0.119. The molecule has 0 spiro atoms. The van der Waals surface area contributed by atoms with E-state index >= 15 is 0 Å². The van der Waals surface area contributed by atoms with E-state index < -0.39 is 0 Å². The molecule has 2 fully saturated rings. The quantitative estimate of drug-likeness (QED) is 0.664. The molecule has 2 aromatic rings. The van der Waals surface area contributed by atoms with E-state index in [0.717, 1.165) is 75.0 Å². The normalized spacial score (nSPS) is 21.4. The van der Waals surface area contributed by atoms with Crippen molar-refractivity contribution in [3.63, 3.8) is 0 Å². The first kappa shape index (κ1) is 25.5. The van der Waals surface area contributed by atoms with Crippen LogP contribution in [-0.4, -0.2) is 86.2 Å². The van der Waals surface area contributed by atoms with Crippen molar-refractivity contribution in [2.24, 2.45) is 0 Å². The molecule has 2 aromatic carbocycles. The molecule has 5 rings (SSSR count). The summed E-state index contributed by atoms with van der Waals surface area (Å²) in [6.07, 6.45) is 1.83. The van der Waals surface area contributed by atoms with Crippen LogP contribution >= 0.6 is 0 Å². The fourth-order valence-electron chi connectivity index (χ4n) is 5.78. The smallest absolute Gasteiger partial charge is 0.253 e. The van der Waals surface area contributed by atoms with Crippen molar-refractivity contribution < 1.29 is 14.3 Å². The number of carbonyl (C=O) groups excluding carboxylic acids is 2. The Kier molecular flexibility index (Phi) is 7.40. The summed E-state index contributed by atoms with van der Waals surface area (Å²) in [6.45, 7) is 11.2. The summed E-state index contributed by atoms with van der Waals surface area (Å²) in [4.78, 5) is 34.4. The number of fused-ring (bicyclic) bond motifs is 1. The van der Waals surface area contributed by atoms with Gasteiger partial charge in [-0.15, -0.1) is 0 Å². The standard InChI is InChI=1S/C29H39N5O3/c1-20(2)32-13-15-33(16-14-32)29(36)22-5-7-23(8-6-22)30-24-9-10-26-27(19-24)34(21(3)28(35)31(26)4)25-11-17-37-18-12-25/h5-10,19-21,25,30H,11-18H2,1-4H3. The zero-order valence-electron chi connectivity index (χ0n) is 22.4. The fourth-order valence-corrected chi connectivity index (χ4v) is 5.78. The molecule has 0 aliphatic carbocycles. The number of ether oxygens (including phenoxy) is 1. The third-order valence-corrected chi connectivity index (χ3v) is 8.06. The predicted molar refractivity (Wildman–Crippen MR) is 148 cm³/mol. The maximum atomic E-state index is 13.0. The monoisotopic (exact) mass is 505 g/mol. The molecule has 198 valence electrons. The molecule has 1 N–H and O–H groups in total. The first-order chi connectivity index (χ1) is 17.8. The minimum Gasteiger partial charge on any atom is -0.381 e. The van der Waals surface area contributed by atoms with E-state index in [1.54, 1.807) is 4.90 Å². The van der Waals surface area contributed by atoms with Crippen molar-refractivity contribution in [2.75, 3.05) is 61.6 Å². The highest BCUT2D eigenvalue weighted by molar-refractivity contribution is 6.05. The fraction of sp³-hybridized carbons (Fsp3) is 0.517. The van der Waals surface area contributed by atoms with Gasteiger partial charge in [0.2, 0.25) is 5.91 Å². The van der Waals surface area contributed by atoms with Gasteiger partial charge in [0.1, 0.15) is 6.04 Å². The van der Waals surface area contributed by atoms with E-state index in [4.69, 9.17) is 4.74 Å². The second-order valence-corrected chi connectivity index (χ2v) is 10.7. The van der Waals surface area contributed by atoms with E-state index in [-0.39, 0.29) is 23.9 Å². The van der Waals surface area contributed by atoms with Gasteiger partial charge in [-0.2, -0.15) is 0 Å². The van der Waals surface area contributed by atoms with Crippen molar-refractivity contribution in [1.29, 1.82) is 0 Å². The molecule has 3 heterocycles. The lowest BCUT2D eigenvalue weighted by Gasteiger charge is -2.45. The Balaban J connectivity index is 1.31. The van der Waals surface area contributed by atoms with Crippen LogP contribution in [0.1, 0.15) is 44.0 Å². The van der Waals surface area contributed by atoms with Crippen LogP contribution in [0.15, 0.2) is 42.5 Å². The van der Waals surface area contributed by atoms with Gasteiger partial charge in [0, 0.05) is 75.5 Å². The van der Waals surface area contributed by atoms with Gasteiger partial charge in [0.15, 0.2) is 0 Å². The molecule has 0 radical (unpaired) electrons. The van der Waals surface area contributed by atoms with E-state index in [9.17, 15) is 9.59 Å². The lowest BCUT2D eigenvalue weighted by atomic mass is 9.99. The number of likely N-dealkylation sites (N-methyl/N-ethyl adjacent to an activating group) is 1. The van der Waals surface area contributed by atoms with Crippen LogP contribution < -0.4 is 15.1 Å². The molecule has 8 nitrogen and oxygen atoms in total. The average Bonchev–Trinajstić information content (AvgIpc) is 2.92. The molecular weight excluding hydrogens is 466 g/mol. The maximum absolute atomic E-state index is 13.0. The highest BCUT2D eigenvalue weighted by atomic mass is 16.5. The van der Waals surface area contributed by atoms with Crippen LogP contribution in [0.5, 0.6) is 0 Å². The van der Waals surface area contributed by atoms with Crippen molar-refractivity contribution in [2.45, 2.75) is 51.7 Å². The molecule has 37 heavy (non-hydrogen) atoms. The van der Waals surface area contributed by atoms with Crippen LogP contribution in [0.2, 0.25) is 0 Å². The number of piperazine rings is 1. The molecule has 1 unspecified atom stereocenters. The third-order valence-electron chi connectivity index (χ3n) is 8.06. The zero-order chi connectivity index (χ0) is 26.1. The highest BCUT2D eigenvalue weighted by Crippen LogP contribution is 2.40. The van der Waals surface area contributed by atoms with Crippen LogP contribution in [0.25, 0.3) is 0 Å². The summed E-state index contributed by atoms with van der Waals surface area (Å²) >= 11 is 0. The topological polar surface area (TPSA) is 68.4 Å². The number of rotatable bonds is 5. The number of amides is 2. The summed E-state index contributed by atoms with van der Waals surface area (Å²) in [5, 5.41) is 3.50. The SMILES string of the molecule is CC(C)N1CCN(C(=O)c2ccc(Nc3ccc4c(c3)N(C3CCOCC3)C(C)C(=O)N4C)cc2)CC1. The Bertz CT molecular complexity index is 1120. The van der Waals surface area contributed by atoms with Crippen molar-refractivity contribution >= 4 is 34.6 Å². The molecule has 0 aromatic heterocycles. The van der Waals surface area contributed by atoms with E-state index in [0.29, 0.717) is 11.6 Å². The average molecular weight is 506 g/mol. The lowest BCUT2D eigenvalue weighted by Crippen LogP contribution is -2.55. The predicted octanol–water partition coefficient (Wildman–Crippen LogP) is 3.95. The molecule has 8 heteroatoms. The van der Waals surface area contributed by atoms with Crippen LogP contribution in [0, 0.1) is 0 Å². The number of carbonyl (C=O) groups is 2. The summed E-state index contributed by atoms with van der Waals surface area (Å²) in [5.74, 6) is 0.211. The third kappa shape index (κ3) is 5.18. The molecule has 0 saturated carbocycles. The van der Waals surface area contributed by atoms with Gasteiger partial charge in [-0.25, -0.2) is 0 Å². The van der Waals surface area contributed by atoms with Gasteiger partial charge >= 0.3 is 0 Å². The van der Waals surface area contributed by atoms with Gasteiger partial charge < -0.3 is 24.8 Å². The molecule has 2 amide bonds. The number of nitrogens with zero attached hydrogens (tertiary/aromatic N) is 4. The summed E-state index contributed by atoms with van der Waals surface area (Å²) < 4.78 is 5.58. The number of benzene rings is 2. The molecule has 3 aliphatic rings. The molecular formula is C29H39N5O3. The van der Waals surface area contributed by atoms with Gasteiger partial charge in [0.25, 0.3) is 5.91 Å². The van der Waals surface area contributed by atoms with Crippen LogP contribution in [0.4, 0.5) is 22.7 Å². The van der Waals surface area contributed by atoms with Gasteiger partial charge in [-0.1, -0.05) is 0 Å². The summed E-state index contributed by atoms with van der Waals surface area (Å²) in [6, 6.07) is 14.5. The van der Waals surface area contributed by atoms with Crippen molar-refractivity contribution in [3.05, 3.63) is 48.0 Å². The Hall–Kier alpha value is -3.10. The first-order valence-corrected chi connectivity index (χ1v) is 13.5. The minimum absolute atomic E-state index is 0.0949. The molecule has 2 saturated heterocycles. The Morgan fingerprint density at radius 1 is 0.946 bits per heavy atom. The molecule has 1 atom stereocenters. The van der Waals surface area contributed by atoms with E-state index in [1.165, 1.54) is 0 Å². The van der Waals surface area contributed by atoms with Crippen molar-refractivity contribution in [1.82, 2.24) is 9.80 Å². The second kappa shape index (κ2) is 10.7. The maximum Gasteiger partial charge on any atom is 0.253 e. The minimum atomic E-state index is -0.219. The highest BCUT2D eigenvalue weighted by Gasteiger charge is 2.38. The second-order valence-electron chi connectivity index (χ2n) is 10.7. The van der Waals surface area contributed by atoms with E-state index in [1.807, 2.05) is 55.3 Å². The number of anilines is 4. The van der Waals surface area contributed by atoms with Crippen LogP contribution in [0.3, 0.4) is 0 Å². The molecule has 3 aliphatic heterocycles. The Morgan fingerprint density at radius 3 is 2.24 bits per heavy atom. The number of hydrogen-bond donors (Lipinski definition) is 1. The van der Waals surface area contributed by atoms with Crippen molar-refractivity contribution in [3.8, 4) is 0 Å². The Labute approximate surface area is 220 Å². The summed E-state index contributed by atoms with van der Waals surface area (Å²) in [7, 11) is 1.85. The number of nitrogens with one attached hydrogen (secondary N) is 1.